The molecule has 0 bridgehead atoms. The van der Waals surface area contributed by atoms with Crippen molar-refractivity contribution in [3.63, 3.8) is 0 Å². The highest BCUT2D eigenvalue weighted by Gasteiger charge is 2.07. The second kappa shape index (κ2) is 6.63. The zero-order valence-corrected chi connectivity index (χ0v) is 11.3. The van der Waals surface area contributed by atoms with Crippen molar-refractivity contribution in [2.45, 2.75) is 19.9 Å². The van der Waals surface area contributed by atoms with Gasteiger partial charge in [-0.15, -0.1) is 11.3 Å². The molecule has 0 aliphatic heterocycles. The Morgan fingerprint density at radius 1 is 1.60 bits per heavy atom. The van der Waals surface area contributed by atoms with Gasteiger partial charge in [0.15, 0.2) is 0 Å². The number of thiophene rings is 1. The predicted octanol–water partition coefficient (Wildman–Crippen LogP) is 2.82. The first-order valence-electron chi connectivity index (χ1n) is 4.97. The van der Waals surface area contributed by atoms with E-state index in [2.05, 4.69) is 12.2 Å². The van der Waals surface area contributed by atoms with E-state index >= 15 is 0 Å². The largest absolute Gasteiger partial charge is 0.309 e. The molecule has 1 heterocycles. The van der Waals surface area contributed by atoms with Crippen LogP contribution >= 0.6 is 22.9 Å². The van der Waals surface area contributed by atoms with Crippen LogP contribution in [0, 0.1) is 0 Å². The molecule has 1 rings (SSSR count). The van der Waals surface area contributed by atoms with E-state index < -0.39 is 10.8 Å². The summed E-state index contributed by atoms with van der Waals surface area (Å²) in [4.78, 5) is 1.22. The standard InChI is InChI=1S/C10H16ClNOS2/c1-3-15(13)7-6-12-8(2)9-4-5-10(11)14-9/h4-5,8,12H,3,6-7H2,1-2H3. The number of hydrogen-bond donors (Lipinski definition) is 1. The lowest BCUT2D eigenvalue weighted by atomic mass is 10.3. The second-order valence-electron chi connectivity index (χ2n) is 3.25. The third-order valence-corrected chi connectivity index (χ3v) is 4.84. The van der Waals surface area contributed by atoms with Crippen molar-refractivity contribution in [1.29, 1.82) is 0 Å². The molecule has 2 unspecified atom stereocenters. The maximum atomic E-state index is 11.2. The molecule has 0 aliphatic carbocycles. The number of hydrogen-bond acceptors (Lipinski definition) is 3. The first-order chi connectivity index (χ1) is 7.13. The first kappa shape index (κ1) is 13.2. The lowest BCUT2D eigenvalue weighted by Crippen LogP contribution is -2.23. The summed E-state index contributed by atoms with van der Waals surface area (Å²) in [5.41, 5.74) is 0. The molecule has 1 aromatic heterocycles. The molecule has 0 aromatic carbocycles. The summed E-state index contributed by atoms with van der Waals surface area (Å²) in [5, 5.41) is 3.34. The fraction of sp³-hybridized carbons (Fsp3) is 0.600. The van der Waals surface area contributed by atoms with E-state index in [0.29, 0.717) is 0 Å². The van der Waals surface area contributed by atoms with Gasteiger partial charge in [0.1, 0.15) is 0 Å². The van der Waals surface area contributed by atoms with Crippen LogP contribution in [0.15, 0.2) is 12.1 Å². The smallest absolute Gasteiger partial charge is 0.0931 e. The van der Waals surface area contributed by atoms with Crippen molar-refractivity contribution < 1.29 is 4.21 Å². The van der Waals surface area contributed by atoms with E-state index in [1.54, 1.807) is 11.3 Å². The van der Waals surface area contributed by atoms with Crippen LogP contribution in [-0.4, -0.2) is 22.3 Å². The molecule has 0 fully saturated rings. The van der Waals surface area contributed by atoms with Crippen molar-refractivity contribution in [1.82, 2.24) is 5.32 Å². The van der Waals surface area contributed by atoms with Crippen LogP contribution in [0.5, 0.6) is 0 Å². The van der Waals surface area contributed by atoms with E-state index in [0.717, 1.165) is 22.4 Å². The van der Waals surface area contributed by atoms with Crippen LogP contribution in [0.4, 0.5) is 0 Å². The Hall–Kier alpha value is 0.1000. The number of halogens is 1. The monoisotopic (exact) mass is 265 g/mol. The topological polar surface area (TPSA) is 29.1 Å². The molecule has 2 nitrogen and oxygen atoms in total. The SMILES string of the molecule is CCS(=O)CCNC(C)c1ccc(Cl)s1. The summed E-state index contributed by atoms with van der Waals surface area (Å²) >= 11 is 7.44. The molecule has 0 aliphatic rings. The summed E-state index contributed by atoms with van der Waals surface area (Å²) < 4.78 is 12.0. The fourth-order valence-electron chi connectivity index (χ4n) is 1.20. The second-order valence-corrected chi connectivity index (χ2v) is 6.86. The molecule has 86 valence electrons. The van der Waals surface area contributed by atoms with Crippen LogP contribution in [0.25, 0.3) is 0 Å². The van der Waals surface area contributed by atoms with Crippen molar-refractivity contribution >= 4 is 33.7 Å². The Bertz CT molecular complexity index is 327. The molecule has 5 heteroatoms. The molecule has 1 aromatic rings. The van der Waals surface area contributed by atoms with Gasteiger partial charge in [-0.3, -0.25) is 4.21 Å². The van der Waals surface area contributed by atoms with Gasteiger partial charge in [0.05, 0.1) is 4.34 Å². The lowest BCUT2D eigenvalue weighted by molar-refractivity contribution is 0.605. The summed E-state index contributed by atoms with van der Waals surface area (Å²) in [6.45, 7) is 4.83. The molecule has 1 N–H and O–H groups in total. The molecule has 0 radical (unpaired) electrons. The van der Waals surface area contributed by atoms with Crippen LogP contribution in [0.2, 0.25) is 4.34 Å². The van der Waals surface area contributed by atoms with Gasteiger partial charge in [-0.2, -0.15) is 0 Å². The maximum absolute atomic E-state index is 11.2. The molecule has 0 saturated carbocycles. The molecule has 2 atom stereocenters. The lowest BCUT2D eigenvalue weighted by Gasteiger charge is -2.11. The van der Waals surface area contributed by atoms with Gasteiger partial charge in [-0.25, -0.2) is 0 Å². The Balaban J connectivity index is 2.30. The van der Waals surface area contributed by atoms with Gasteiger partial charge < -0.3 is 5.32 Å². The van der Waals surface area contributed by atoms with Gasteiger partial charge >= 0.3 is 0 Å². The van der Waals surface area contributed by atoms with E-state index in [9.17, 15) is 4.21 Å². The Kier molecular flexibility index (Phi) is 5.82. The maximum Gasteiger partial charge on any atom is 0.0931 e. The van der Waals surface area contributed by atoms with Crippen LogP contribution < -0.4 is 5.32 Å². The Labute approximate surface area is 102 Å². The van der Waals surface area contributed by atoms with Gasteiger partial charge in [0.25, 0.3) is 0 Å². The van der Waals surface area contributed by atoms with Crippen molar-refractivity contribution in [3.8, 4) is 0 Å². The zero-order valence-electron chi connectivity index (χ0n) is 8.96. The van der Waals surface area contributed by atoms with Crippen molar-refractivity contribution in [2.24, 2.45) is 0 Å². The van der Waals surface area contributed by atoms with Gasteiger partial charge in [0, 0.05) is 39.8 Å². The Morgan fingerprint density at radius 3 is 2.87 bits per heavy atom. The summed E-state index contributed by atoms with van der Waals surface area (Å²) in [7, 11) is -0.680. The minimum atomic E-state index is -0.680. The summed E-state index contributed by atoms with van der Waals surface area (Å²) in [5.74, 6) is 1.46. The van der Waals surface area contributed by atoms with E-state index in [1.165, 1.54) is 4.88 Å². The average Bonchev–Trinajstić information content (AvgIpc) is 2.64. The molecule has 0 amide bonds. The average molecular weight is 266 g/mol. The molecular formula is C10H16ClNOS2. The van der Waals surface area contributed by atoms with Crippen LogP contribution in [0.1, 0.15) is 24.8 Å². The molecular weight excluding hydrogens is 250 g/mol. The molecule has 0 saturated heterocycles. The van der Waals surface area contributed by atoms with E-state index in [-0.39, 0.29) is 6.04 Å². The van der Waals surface area contributed by atoms with Gasteiger partial charge in [0.2, 0.25) is 0 Å². The predicted molar refractivity (Wildman–Crippen MR) is 69.3 cm³/mol. The van der Waals surface area contributed by atoms with E-state index in [4.69, 9.17) is 11.6 Å². The Morgan fingerprint density at radius 2 is 2.33 bits per heavy atom. The number of rotatable bonds is 6. The van der Waals surface area contributed by atoms with Crippen LogP contribution in [-0.2, 0) is 10.8 Å². The van der Waals surface area contributed by atoms with Gasteiger partial charge in [-0.05, 0) is 19.1 Å². The summed E-state index contributed by atoms with van der Waals surface area (Å²) in [6.07, 6.45) is 0. The first-order valence-corrected chi connectivity index (χ1v) is 7.65. The highest BCUT2D eigenvalue weighted by Crippen LogP contribution is 2.26. The third kappa shape index (κ3) is 4.64. The quantitative estimate of drug-likeness (QED) is 0.857. The zero-order chi connectivity index (χ0) is 11.3. The van der Waals surface area contributed by atoms with Crippen molar-refractivity contribution in [3.05, 3.63) is 21.3 Å². The minimum absolute atomic E-state index is 0.288. The molecule has 15 heavy (non-hydrogen) atoms. The molecule has 0 spiro atoms. The van der Waals surface area contributed by atoms with Crippen LogP contribution in [0.3, 0.4) is 0 Å². The summed E-state index contributed by atoms with van der Waals surface area (Å²) in [6, 6.07) is 4.22. The number of nitrogens with one attached hydrogen (secondary N) is 1. The normalized spacial score (nSPS) is 15.1. The fourth-order valence-corrected chi connectivity index (χ4v) is 2.92. The van der Waals surface area contributed by atoms with E-state index in [1.807, 2.05) is 19.1 Å². The van der Waals surface area contributed by atoms with Crippen molar-refractivity contribution in [2.75, 3.05) is 18.1 Å². The highest BCUT2D eigenvalue weighted by atomic mass is 35.5. The third-order valence-electron chi connectivity index (χ3n) is 2.12. The highest BCUT2D eigenvalue weighted by molar-refractivity contribution is 7.84. The van der Waals surface area contributed by atoms with Gasteiger partial charge in [-0.1, -0.05) is 18.5 Å². The minimum Gasteiger partial charge on any atom is -0.309 e.